The fourth-order valence-corrected chi connectivity index (χ4v) is 23.2. The lowest BCUT2D eigenvalue weighted by molar-refractivity contribution is -0.136. The fraction of sp³-hybridized carbons (Fsp3) is 0.479. The predicted molar refractivity (Wildman–Crippen MR) is 361 cm³/mol. The van der Waals surface area contributed by atoms with Gasteiger partial charge in [0.15, 0.2) is 9.04 Å². The molecule has 92 heavy (non-hydrogen) atoms. The zero-order valence-corrected chi connectivity index (χ0v) is 58.1. The third kappa shape index (κ3) is 28.3. The third-order valence-corrected chi connectivity index (χ3v) is 25.9. The molecular formula is C73H96F6O10Si3. The van der Waals surface area contributed by atoms with Crippen molar-refractivity contribution in [1.29, 1.82) is 0 Å². The summed E-state index contributed by atoms with van der Waals surface area (Å²) in [6.07, 6.45) is 3.94. The van der Waals surface area contributed by atoms with Gasteiger partial charge in [0.2, 0.25) is 8.32 Å². The molecule has 2 unspecified atom stereocenters. The number of carbonyl (C=O) groups excluding carboxylic acids is 2. The van der Waals surface area contributed by atoms with Gasteiger partial charge >= 0.3 is 32.9 Å². The monoisotopic (exact) mass is 1330 g/mol. The lowest BCUT2D eigenvalue weighted by Gasteiger charge is -2.39. The molecule has 6 aromatic carbocycles. The molecule has 502 valence electrons. The van der Waals surface area contributed by atoms with Crippen molar-refractivity contribution in [3.05, 3.63) is 168 Å². The van der Waals surface area contributed by atoms with Crippen molar-refractivity contribution < 1.29 is 72.6 Å². The first-order valence-corrected chi connectivity index (χ1v) is 41.6. The van der Waals surface area contributed by atoms with Crippen LogP contribution in [0.1, 0.15) is 167 Å². The number of carbonyl (C=O) groups is 2. The molecule has 0 amide bonds. The van der Waals surface area contributed by atoms with Gasteiger partial charge < -0.3 is 36.7 Å². The molecule has 0 aliphatic carbocycles. The van der Waals surface area contributed by atoms with Crippen LogP contribution in [0.3, 0.4) is 0 Å². The molecule has 0 N–H and O–H groups in total. The highest BCUT2D eigenvalue weighted by atomic mass is 28.5. The predicted octanol–water partition coefficient (Wildman–Crippen LogP) is 21.1. The lowest BCUT2D eigenvalue weighted by Crippen LogP contribution is -2.56. The van der Waals surface area contributed by atoms with Crippen molar-refractivity contribution in [2.24, 2.45) is 0 Å². The van der Waals surface area contributed by atoms with Crippen LogP contribution in [-0.2, 0) is 30.9 Å². The quantitative estimate of drug-likeness (QED) is 0.0121. The maximum atomic E-state index is 13.4. The summed E-state index contributed by atoms with van der Waals surface area (Å²) >= 11 is 0. The summed E-state index contributed by atoms with van der Waals surface area (Å²) in [6.45, 7) is 17.1. The number of para-hydroxylation sites is 2. The molecule has 10 nitrogen and oxygen atoms in total. The maximum absolute atomic E-state index is 13.4. The number of benzene rings is 6. The van der Waals surface area contributed by atoms with Gasteiger partial charge in [-0.15, -0.1) is 0 Å². The maximum Gasteiger partial charge on any atom is 0.389 e. The van der Waals surface area contributed by atoms with Crippen LogP contribution >= 0.6 is 0 Å². The summed E-state index contributed by atoms with van der Waals surface area (Å²) in [5.41, 5.74) is 5.92. The Balaban J connectivity index is 1.06. The number of alkyl halides is 6. The second kappa shape index (κ2) is 38.3. The van der Waals surface area contributed by atoms with E-state index in [0.29, 0.717) is 74.1 Å². The Hall–Kier alpha value is -6.07. The highest BCUT2D eigenvalue weighted by molar-refractivity contribution is 6.85. The number of ether oxygens (including phenoxy) is 6. The Morgan fingerprint density at radius 2 is 0.880 bits per heavy atom. The first-order chi connectivity index (χ1) is 44.0. The normalized spacial score (nSPS) is 12.8. The van der Waals surface area contributed by atoms with Crippen molar-refractivity contribution in [3.63, 3.8) is 0 Å². The van der Waals surface area contributed by atoms with Gasteiger partial charge in [-0.2, -0.15) is 26.3 Å². The molecule has 0 aliphatic heterocycles. The minimum atomic E-state index is -4.10. The van der Waals surface area contributed by atoms with Crippen LogP contribution in [-0.4, -0.2) is 75.3 Å². The Morgan fingerprint density at radius 3 is 1.33 bits per heavy atom. The highest BCUT2D eigenvalue weighted by Gasteiger charge is 2.43. The summed E-state index contributed by atoms with van der Waals surface area (Å²) in [7, 11) is -6.64. The number of unbranched alkanes of at least 4 members (excludes halogenated alkanes) is 11. The SMILES string of the molecule is CCCCCCC(CCCC(Oc1ccccc1-c1ccc(C(=O)Oc2ccc(COCCCCCCCC(F)(F)F)cc2)cc1)[Si](C)(C)O[Si](C)(C)O[SiH](C)C)Oc1ccccc1-c1ccc(C(=O)Oc2ccc(COCCCCCCCC(F)(F)F)cc2)cc1. The number of halogens is 6. The minimum absolute atomic E-state index is 0.0915. The van der Waals surface area contributed by atoms with E-state index in [9.17, 15) is 35.9 Å². The summed E-state index contributed by atoms with van der Waals surface area (Å²) in [5, 5.41) is 0. The van der Waals surface area contributed by atoms with E-state index in [1.807, 2.05) is 97.1 Å². The van der Waals surface area contributed by atoms with E-state index in [2.05, 4.69) is 46.2 Å². The number of rotatable bonds is 42. The molecule has 0 saturated heterocycles. The average molecular weight is 1330 g/mol. The Morgan fingerprint density at radius 1 is 0.467 bits per heavy atom. The number of hydrogen-bond acceptors (Lipinski definition) is 10. The highest BCUT2D eigenvalue weighted by Crippen LogP contribution is 2.37. The van der Waals surface area contributed by atoms with Crippen molar-refractivity contribution in [1.82, 2.24) is 0 Å². The molecule has 0 aromatic heterocycles. The van der Waals surface area contributed by atoms with Crippen molar-refractivity contribution in [2.45, 2.75) is 212 Å². The van der Waals surface area contributed by atoms with Gasteiger partial charge in [0.1, 0.15) is 28.7 Å². The summed E-state index contributed by atoms with van der Waals surface area (Å²) < 4.78 is 125. The van der Waals surface area contributed by atoms with Gasteiger partial charge in [-0.05, 0) is 180 Å². The first-order valence-electron chi connectivity index (χ1n) is 33.0. The topological polar surface area (TPSA) is 108 Å². The number of hydrogen-bond donors (Lipinski definition) is 0. The van der Waals surface area contributed by atoms with E-state index in [4.69, 9.17) is 36.7 Å². The molecule has 0 spiro atoms. The van der Waals surface area contributed by atoms with E-state index in [0.717, 1.165) is 123 Å². The molecule has 6 aromatic rings. The van der Waals surface area contributed by atoms with Crippen molar-refractivity contribution >= 4 is 37.9 Å². The van der Waals surface area contributed by atoms with E-state index in [1.54, 1.807) is 48.5 Å². The van der Waals surface area contributed by atoms with Crippen LogP contribution in [0, 0.1) is 0 Å². The number of esters is 2. The summed E-state index contributed by atoms with van der Waals surface area (Å²) in [6, 6.07) is 45.0. The van der Waals surface area contributed by atoms with E-state index in [-0.39, 0.29) is 24.7 Å². The van der Waals surface area contributed by atoms with Gasteiger partial charge in [0.25, 0.3) is 0 Å². The minimum Gasteiger partial charge on any atom is -0.491 e. The largest absolute Gasteiger partial charge is 0.491 e. The van der Waals surface area contributed by atoms with Gasteiger partial charge in [-0.3, -0.25) is 0 Å². The molecule has 19 heteroatoms. The molecule has 6 rings (SSSR count). The molecule has 0 aliphatic rings. The smallest absolute Gasteiger partial charge is 0.389 e. The average Bonchev–Trinajstić information content (AvgIpc) is 0.869. The summed E-state index contributed by atoms with van der Waals surface area (Å²) in [4.78, 5) is 26.8. The van der Waals surface area contributed by atoms with Crippen LogP contribution < -0.4 is 18.9 Å². The second-order valence-corrected chi connectivity index (χ2v) is 35.5. The fourth-order valence-electron chi connectivity index (χ4n) is 11.1. The third-order valence-electron chi connectivity index (χ3n) is 15.7. The molecule has 0 heterocycles. The second-order valence-electron chi connectivity index (χ2n) is 25.0. The van der Waals surface area contributed by atoms with Crippen molar-refractivity contribution in [2.75, 3.05) is 13.2 Å². The van der Waals surface area contributed by atoms with Crippen LogP contribution in [0.25, 0.3) is 22.3 Å². The zero-order chi connectivity index (χ0) is 66.4. The van der Waals surface area contributed by atoms with Crippen LogP contribution in [0.2, 0.25) is 39.3 Å². The zero-order valence-electron chi connectivity index (χ0n) is 54.9. The van der Waals surface area contributed by atoms with Gasteiger partial charge in [0, 0.05) is 37.2 Å². The standard InChI is InChI=1S/C73H96F6O10Si3/c1-8-9-10-17-27-62(84-67-31-20-18-29-65(67)58-38-42-60(43-39-58)70(80)85-63-46-34-56(35-47-63)54-82-52-24-15-11-13-22-50-72(74,75)76)28-26-33-69(91(4,5)89-92(6,7)88-90(2)3)87-68-32-21-19-30-66(68)59-40-44-61(45-41-59)71(81)86-64-48-36-57(37-49-64)55-83-53-25-16-12-14-23-51-73(77,78)79/h18-21,29-32,34-49,62,69,90H,8-17,22-28,33,50-55H2,1-7H3. The molecule has 0 radical (unpaired) electrons. The first kappa shape index (κ1) is 75.0. The van der Waals surface area contributed by atoms with Crippen LogP contribution in [0.4, 0.5) is 26.3 Å². The van der Waals surface area contributed by atoms with E-state index < -0.39 is 63.1 Å². The Bertz CT molecular complexity index is 3090. The van der Waals surface area contributed by atoms with E-state index >= 15 is 0 Å². The summed E-state index contributed by atoms with van der Waals surface area (Å²) in [5.74, 6) is 1.30. The Kier molecular flexibility index (Phi) is 31.2. The molecular weight excluding hydrogens is 1240 g/mol. The Labute approximate surface area is 546 Å². The molecule has 0 fully saturated rings. The van der Waals surface area contributed by atoms with Crippen molar-refractivity contribution in [3.8, 4) is 45.3 Å². The molecule has 0 bridgehead atoms. The lowest BCUT2D eigenvalue weighted by atomic mass is 10.0. The van der Waals surface area contributed by atoms with Gasteiger partial charge in [-0.1, -0.05) is 150 Å². The van der Waals surface area contributed by atoms with Gasteiger partial charge in [0.05, 0.1) is 30.4 Å². The molecule has 2 atom stereocenters. The van der Waals surface area contributed by atoms with Crippen LogP contribution in [0.15, 0.2) is 146 Å². The molecule has 0 saturated carbocycles. The van der Waals surface area contributed by atoms with Gasteiger partial charge in [-0.25, -0.2) is 9.59 Å². The van der Waals surface area contributed by atoms with Crippen LogP contribution in [0.5, 0.6) is 23.0 Å². The van der Waals surface area contributed by atoms with E-state index in [1.165, 1.54) is 0 Å².